The molecule has 14 nitrogen and oxygen atoms in total. The van der Waals surface area contributed by atoms with Crippen LogP contribution >= 0.6 is 22.6 Å². The van der Waals surface area contributed by atoms with Crippen molar-refractivity contribution in [1.29, 1.82) is 0 Å². The monoisotopic (exact) mass is 786 g/mol. The molecule has 1 atom stereocenters. The number of esters is 1. The maximum atomic E-state index is 12.7. The zero-order valence-corrected chi connectivity index (χ0v) is 29.4. The van der Waals surface area contributed by atoms with E-state index in [-0.39, 0.29) is 31.3 Å². The molecule has 3 N–H and O–H groups in total. The Morgan fingerprint density at radius 2 is 1.82 bits per heavy atom. The average molecular weight is 787 g/mol. The average Bonchev–Trinajstić information content (AvgIpc) is 3.55. The van der Waals surface area contributed by atoms with E-state index in [1.54, 1.807) is 38.1 Å². The van der Waals surface area contributed by atoms with Crippen molar-refractivity contribution in [3.05, 3.63) is 80.1 Å². The normalized spacial score (nSPS) is 15.0. The Kier molecular flexibility index (Phi) is 11.7. The van der Waals surface area contributed by atoms with Gasteiger partial charge in [-0.05, 0) is 96.5 Å². The molecule has 49 heavy (non-hydrogen) atoms. The SMILES string of the molecule is CCOC(=O)C1=C(C)NC(=O)N[C@H]1c1ccc(OCC(=O)N/N=C\c2cc(I)c(OCc3ccc4c(c3)OCO4)c(OCC)c2)c(OC)c1. The first kappa shape index (κ1) is 35.1. The summed E-state index contributed by atoms with van der Waals surface area (Å²) in [7, 11) is 1.44. The topological polar surface area (TPSA) is 164 Å². The summed E-state index contributed by atoms with van der Waals surface area (Å²) in [6, 6.07) is 12.9. The van der Waals surface area contributed by atoms with E-state index < -0.39 is 23.9 Å². The lowest BCUT2D eigenvalue weighted by atomic mass is 9.95. The molecule has 3 aromatic carbocycles. The van der Waals surface area contributed by atoms with E-state index in [0.717, 1.165) is 9.13 Å². The number of fused-ring (bicyclic) bond motifs is 1. The Morgan fingerprint density at radius 3 is 2.59 bits per heavy atom. The molecule has 0 unspecified atom stereocenters. The number of nitrogens with one attached hydrogen (secondary N) is 3. The smallest absolute Gasteiger partial charge is 0.338 e. The molecule has 15 heteroatoms. The first-order chi connectivity index (χ1) is 23.7. The highest BCUT2D eigenvalue weighted by molar-refractivity contribution is 14.1. The van der Waals surface area contributed by atoms with Crippen molar-refractivity contribution in [2.75, 3.05) is 33.7 Å². The van der Waals surface area contributed by atoms with Crippen LogP contribution < -0.4 is 44.5 Å². The van der Waals surface area contributed by atoms with Crippen LogP contribution in [0, 0.1) is 3.57 Å². The van der Waals surface area contributed by atoms with E-state index in [0.29, 0.717) is 58.8 Å². The van der Waals surface area contributed by atoms with Crippen LogP contribution in [0.25, 0.3) is 0 Å². The molecule has 0 saturated carbocycles. The van der Waals surface area contributed by atoms with E-state index in [4.69, 9.17) is 33.2 Å². The Hall–Kier alpha value is -5.19. The van der Waals surface area contributed by atoms with Gasteiger partial charge in [0.05, 0.1) is 41.7 Å². The summed E-state index contributed by atoms with van der Waals surface area (Å²) in [5.41, 5.74) is 5.25. The van der Waals surface area contributed by atoms with Crippen LogP contribution in [-0.4, -0.2) is 57.8 Å². The minimum absolute atomic E-state index is 0.178. The Morgan fingerprint density at radius 1 is 1.00 bits per heavy atom. The molecule has 5 rings (SSSR count). The number of amides is 3. The number of ether oxygens (including phenoxy) is 7. The number of hydrogen-bond acceptors (Lipinski definition) is 11. The van der Waals surface area contributed by atoms with Gasteiger partial charge in [-0.3, -0.25) is 4.79 Å². The van der Waals surface area contributed by atoms with Crippen molar-refractivity contribution >= 4 is 46.7 Å². The number of halogens is 1. The second kappa shape index (κ2) is 16.3. The molecule has 0 aromatic heterocycles. The Balaban J connectivity index is 1.20. The van der Waals surface area contributed by atoms with Crippen LogP contribution in [0.1, 0.15) is 43.5 Å². The molecule has 2 aliphatic heterocycles. The van der Waals surface area contributed by atoms with E-state index >= 15 is 0 Å². The van der Waals surface area contributed by atoms with Gasteiger partial charge < -0.3 is 43.8 Å². The molecular weight excluding hydrogens is 751 g/mol. The molecular formula is C34H35IN4O10. The molecule has 0 radical (unpaired) electrons. The van der Waals surface area contributed by atoms with E-state index in [1.165, 1.54) is 13.3 Å². The molecule has 2 aliphatic rings. The van der Waals surface area contributed by atoms with Crippen LogP contribution in [0.2, 0.25) is 0 Å². The number of carbonyl (C=O) groups excluding carboxylic acids is 3. The Bertz CT molecular complexity index is 1790. The van der Waals surface area contributed by atoms with Crippen LogP contribution in [-0.2, 0) is 20.9 Å². The highest BCUT2D eigenvalue weighted by Gasteiger charge is 2.32. The summed E-state index contributed by atoms with van der Waals surface area (Å²) in [4.78, 5) is 37.4. The third kappa shape index (κ3) is 8.65. The summed E-state index contributed by atoms with van der Waals surface area (Å²) in [6.45, 7) is 5.93. The predicted octanol–water partition coefficient (Wildman–Crippen LogP) is 4.73. The standard InChI is InChI=1S/C34H35IN4O10/c1-5-44-28-13-21(11-23(35)32(28)47-16-20-7-9-25-27(12-20)49-18-48-25)15-36-39-29(40)17-46-24-10-8-22(14-26(24)43-4)31-30(33(41)45-6-2)19(3)37-34(42)38-31/h7-15,31H,5-6,16-18H2,1-4H3,(H,39,40)(H2,37,38,42)/b36-15-/t31-/m0/s1. The summed E-state index contributed by atoms with van der Waals surface area (Å²) in [5.74, 6) is 2.00. The van der Waals surface area contributed by atoms with E-state index in [1.807, 2.05) is 31.2 Å². The minimum Gasteiger partial charge on any atom is -0.493 e. The van der Waals surface area contributed by atoms with Gasteiger partial charge in [0, 0.05) is 5.70 Å². The lowest BCUT2D eigenvalue weighted by Crippen LogP contribution is -2.45. The van der Waals surface area contributed by atoms with E-state index in [2.05, 4.69) is 43.8 Å². The van der Waals surface area contributed by atoms with Gasteiger partial charge in [-0.15, -0.1) is 0 Å². The van der Waals surface area contributed by atoms with Crippen LogP contribution in [0.5, 0.6) is 34.5 Å². The molecule has 0 aliphatic carbocycles. The predicted molar refractivity (Wildman–Crippen MR) is 185 cm³/mol. The van der Waals surface area contributed by atoms with Crippen molar-refractivity contribution in [2.45, 2.75) is 33.4 Å². The summed E-state index contributed by atoms with van der Waals surface area (Å²) in [5, 5.41) is 9.40. The largest absolute Gasteiger partial charge is 0.493 e. The first-order valence-electron chi connectivity index (χ1n) is 15.3. The fourth-order valence-corrected chi connectivity index (χ4v) is 5.79. The minimum atomic E-state index is -0.782. The fraction of sp³-hybridized carbons (Fsp3) is 0.294. The lowest BCUT2D eigenvalue weighted by Gasteiger charge is -2.28. The second-order valence-corrected chi connectivity index (χ2v) is 11.7. The second-order valence-electron chi connectivity index (χ2n) is 10.5. The van der Waals surface area contributed by atoms with Crippen LogP contribution in [0.15, 0.2) is 64.9 Å². The highest BCUT2D eigenvalue weighted by atomic mass is 127. The zero-order valence-electron chi connectivity index (χ0n) is 27.2. The van der Waals surface area contributed by atoms with Crippen molar-refractivity contribution in [1.82, 2.24) is 16.1 Å². The van der Waals surface area contributed by atoms with Crippen LogP contribution in [0.3, 0.4) is 0 Å². The molecule has 3 amide bonds. The lowest BCUT2D eigenvalue weighted by molar-refractivity contribution is -0.139. The number of methoxy groups -OCH3 is 1. The molecule has 0 fully saturated rings. The summed E-state index contributed by atoms with van der Waals surface area (Å²) in [6.07, 6.45) is 1.49. The third-order valence-electron chi connectivity index (χ3n) is 7.20. The number of carbonyl (C=O) groups is 3. The number of hydrazone groups is 1. The number of allylic oxidation sites excluding steroid dienone is 1. The molecule has 0 bridgehead atoms. The number of nitrogens with zero attached hydrogens (tertiary/aromatic N) is 1. The number of hydrogen-bond donors (Lipinski definition) is 3. The van der Waals surface area contributed by atoms with Gasteiger partial charge in [0.2, 0.25) is 6.79 Å². The van der Waals surface area contributed by atoms with Gasteiger partial charge in [0.15, 0.2) is 41.1 Å². The zero-order chi connectivity index (χ0) is 34.9. The highest BCUT2D eigenvalue weighted by Crippen LogP contribution is 2.37. The summed E-state index contributed by atoms with van der Waals surface area (Å²) < 4.78 is 39.9. The van der Waals surface area contributed by atoms with Gasteiger partial charge in [-0.2, -0.15) is 5.10 Å². The maximum absolute atomic E-state index is 12.7. The maximum Gasteiger partial charge on any atom is 0.338 e. The molecule has 258 valence electrons. The molecule has 3 aromatic rings. The van der Waals surface area contributed by atoms with Crippen molar-refractivity contribution in [3.63, 3.8) is 0 Å². The van der Waals surface area contributed by atoms with Crippen molar-refractivity contribution < 1.29 is 47.5 Å². The van der Waals surface area contributed by atoms with Crippen molar-refractivity contribution in [3.8, 4) is 34.5 Å². The fourth-order valence-electron chi connectivity index (χ4n) is 5.01. The Labute approximate surface area is 296 Å². The summed E-state index contributed by atoms with van der Waals surface area (Å²) >= 11 is 2.16. The van der Waals surface area contributed by atoms with Gasteiger partial charge >= 0.3 is 12.0 Å². The van der Waals surface area contributed by atoms with Gasteiger partial charge in [0.25, 0.3) is 5.91 Å². The molecule has 2 heterocycles. The number of benzene rings is 3. The quantitative estimate of drug-likeness (QED) is 0.0902. The van der Waals surface area contributed by atoms with E-state index in [9.17, 15) is 14.4 Å². The first-order valence-corrected chi connectivity index (χ1v) is 16.3. The third-order valence-corrected chi connectivity index (χ3v) is 8.00. The van der Waals surface area contributed by atoms with Gasteiger partial charge in [0.1, 0.15) is 6.61 Å². The number of urea groups is 1. The number of rotatable bonds is 14. The van der Waals surface area contributed by atoms with Gasteiger partial charge in [-0.25, -0.2) is 15.0 Å². The molecule has 0 saturated heterocycles. The van der Waals surface area contributed by atoms with Crippen molar-refractivity contribution in [2.24, 2.45) is 5.10 Å². The van der Waals surface area contributed by atoms with Crippen LogP contribution in [0.4, 0.5) is 4.79 Å². The molecule has 0 spiro atoms. The van der Waals surface area contributed by atoms with Gasteiger partial charge in [-0.1, -0.05) is 12.1 Å².